The van der Waals surface area contributed by atoms with Crippen molar-refractivity contribution in [1.29, 1.82) is 0 Å². The number of nitrogens with one attached hydrogen (secondary N) is 1. The van der Waals surface area contributed by atoms with Gasteiger partial charge in [-0.05, 0) is 36.2 Å². The van der Waals surface area contributed by atoms with Crippen LogP contribution in [0.5, 0.6) is 0 Å². The van der Waals surface area contributed by atoms with Crippen molar-refractivity contribution in [3.8, 4) is 0 Å². The number of hydrogen-bond acceptors (Lipinski definition) is 2. The molecule has 3 rings (SSSR count). The van der Waals surface area contributed by atoms with Gasteiger partial charge in [-0.2, -0.15) is 0 Å². The van der Waals surface area contributed by atoms with Gasteiger partial charge in [0, 0.05) is 13.7 Å². The van der Waals surface area contributed by atoms with E-state index in [1.54, 1.807) is 7.11 Å². The van der Waals surface area contributed by atoms with Crippen LogP contribution in [0.25, 0.3) is 0 Å². The third-order valence-corrected chi connectivity index (χ3v) is 6.09. The van der Waals surface area contributed by atoms with E-state index in [4.69, 9.17) is 4.74 Å². The van der Waals surface area contributed by atoms with E-state index in [2.05, 4.69) is 19.2 Å². The second-order valence-corrected chi connectivity index (χ2v) is 7.06. The lowest BCUT2D eigenvalue weighted by Gasteiger charge is -2.40. The van der Waals surface area contributed by atoms with Crippen molar-refractivity contribution in [3.05, 3.63) is 35.9 Å². The lowest BCUT2D eigenvalue weighted by Crippen LogP contribution is -2.51. The highest BCUT2D eigenvalue weighted by Crippen LogP contribution is 2.66. The van der Waals surface area contributed by atoms with Crippen LogP contribution in [0.2, 0.25) is 0 Å². The molecule has 3 heteroatoms. The largest absolute Gasteiger partial charge is 0.380 e. The summed E-state index contributed by atoms with van der Waals surface area (Å²) in [5.74, 6) is 0.771. The molecule has 1 N–H and O–H groups in total. The summed E-state index contributed by atoms with van der Waals surface area (Å²) in [7, 11) is 1.74. The highest BCUT2D eigenvalue weighted by Gasteiger charge is 2.68. The maximum absolute atomic E-state index is 13.0. The zero-order valence-electron chi connectivity index (χ0n) is 13.2. The van der Waals surface area contributed by atoms with E-state index in [9.17, 15) is 4.79 Å². The fourth-order valence-corrected chi connectivity index (χ4v) is 4.68. The molecule has 3 atom stereocenters. The number of rotatable bonds is 4. The van der Waals surface area contributed by atoms with Gasteiger partial charge in [0.05, 0.1) is 11.5 Å². The van der Waals surface area contributed by atoms with E-state index in [-0.39, 0.29) is 22.8 Å². The first kappa shape index (κ1) is 14.6. The molecule has 2 bridgehead atoms. The van der Waals surface area contributed by atoms with Crippen molar-refractivity contribution in [3.63, 3.8) is 0 Å². The van der Waals surface area contributed by atoms with Crippen molar-refractivity contribution < 1.29 is 9.53 Å². The average molecular weight is 287 g/mol. The quantitative estimate of drug-likeness (QED) is 0.924. The van der Waals surface area contributed by atoms with Gasteiger partial charge in [0.1, 0.15) is 0 Å². The number of hydrogen-bond donors (Lipinski definition) is 1. The minimum atomic E-state index is -0.360. The van der Waals surface area contributed by atoms with Gasteiger partial charge in [-0.3, -0.25) is 4.79 Å². The Morgan fingerprint density at radius 2 is 2.05 bits per heavy atom. The molecule has 0 aliphatic heterocycles. The van der Waals surface area contributed by atoms with Crippen molar-refractivity contribution in [2.75, 3.05) is 7.11 Å². The summed E-state index contributed by atoms with van der Waals surface area (Å²) in [6.45, 7) is 5.08. The van der Waals surface area contributed by atoms with Gasteiger partial charge in [0.2, 0.25) is 5.91 Å². The molecule has 2 saturated carbocycles. The molecule has 2 aliphatic rings. The number of carbonyl (C=O) groups excluding carboxylic acids is 1. The Bertz CT molecular complexity index is 525. The summed E-state index contributed by atoms with van der Waals surface area (Å²) in [5.41, 5.74) is 0.803. The third-order valence-electron chi connectivity index (χ3n) is 6.09. The molecule has 1 aromatic rings. The fourth-order valence-electron chi connectivity index (χ4n) is 4.68. The Morgan fingerprint density at radius 3 is 2.67 bits per heavy atom. The smallest absolute Gasteiger partial charge is 0.229 e. The summed E-state index contributed by atoms with van der Waals surface area (Å²) in [6, 6.07) is 10.1. The Balaban J connectivity index is 1.79. The molecule has 0 saturated heterocycles. The van der Waals surface area contributed by atoms with Crippen molar-refractivity contribution in [1.82, 2.24) is 5.32 Å². The van der Waals surface area contributed by atoms with E-state index < -0.39 is 0 Å². The molecular weight excluding hydrogens is 262 g/mol. The highest BCUT2D eigenvalue weighted by atomic mass is 16.5. The molecule has 0 radical (unpaired) electrons. The van der Waals surface area contributed by atoms with E-state index in [0.717, 1.165) is 24.8 Å². The first-order valence-electron chi connectivity index (χ1n) is 7.87. The van der Waals surface area contributed by atoms with Crippen LogP contribution in [0.1, 0.15) is 38.7 Å². The molecule has 21 heavy (non-hydrogen) atoms. The van der Waals surface area contributed by atoms with Crippen LogP contribution in [0, 0.1) is 16.7 Å². The number of amides is 1. The highest BCUT2D eigenvalue weighted by molar-refractivity contribution is 5.85. The van der Waals surface area contributed by atoms with E-state index in [0.29, 0.717) is 12.5 Å². The number of benzene rings is 1. The molecule has 2 aliphatic carbocycles. The zero-order valence-corrected chi connectivity index (χ0v) is 13.2. The minimum absolute atomic E-state index is 0.0223. The number of carbonyl (C=O) groups is 1. The van der Waals surface area contributed by atoms with Crippen LogP contribution in [0.4, 0.5) is 0 Å². The fraction of sp³-hybridized carbons (Fsp3) is 0.611. The van der Waals surface area contributed by atoms with Crippen LogP contribution >= 0.6 is 0 Å². The molecule has 1 amide bonds. The predicted octanol–water partition coefficient (Wildman–Crippen LogP) is 3.14. The van der Waals surface area contributed by atoms with Crippen LogP contribution in [-0.4, -0.2) is 19.1 Å². The van der Waals surface area contributed by atoms with Gasteiger partial charge in [-0.25, -0.2) is 0 Å². The van der Waals surface area contributed by atoms with Crippen molar-refractivity contribution >= 4 is 5.91 Å². The lowest BCUT2D eigenvalue weighted by atomic mass is 9.67. The summed E-state index contributed by atoms with van der Waals surface area (Å²) in [5, 5.41) is 3.16. The van der Waals surface area contributed by atoms with Crippen molar-refractivity contribution in [2.24, 2.45) is 16.7 Å². The summed E-state index contributed by atoms with van der Waals surface area (Å²) >= 11 is 0. The van der Waals surface area contributed by atoms with Crippen LogP contribution < -0.4 is 5.32 Å². The molecule has 1 aromatic carbocycles. The summed E-state index contributed by atoms with van der Waals surface area (Å²) < 4.78 is 5.70. The predicted molar refractivity (Wildman–Crippen MR) is 82.6 cm³/mol. The summed E-state index contributed by atoms with van der Waals surface area (Å²) in [4.78, 5) is 13.0. The molecule has 114 valence electrons. The SMILES string of the molecule is CO[C@@H]1CC2CCC1(C(=O)NCc1ccccc1)C2(C)C. The molecular formula is C18H25NO2. The van der Waals surface area contributed by atoms with Gasteiger partial charge in [0.15, 0.2) is 0 Å². The van der Waals surface area contributed by atoms with Gasteiger partial charge in [-0.15, -0.1) is 0 Å². The van der Waals surface area contributed by atoms with E-state index in [1.807, 2.05) is 30.3 Å². The zero-order chi connectivity index (χ0) is 15.1. The molecule has 0 heterocycles. The molecule has 0 aromatic heterocycles. The average Bonchev–Trinajstić information content (AvgIpc) is 2.89. The molecule has 3 nitrogen and oxygen atoms in total. The number of methoxy groups -OCH3 is 1. The summed E-state index contributed by atoms with van der Waals surface area (Å²) in [6.07, 6.45) is 3.17. The van der Waals surface area contributed by atoms with Crippen molar-refractivity contribution in [2.45, 2.75) is 45.8 Å². The molecule has 2 unspecified atom stereocenters. The van der Waals surface area contributed by atoms with E-state index >= 15 is 0 Å². The minimum Gasteiger partial charge on any atom is -0.380 e. The second-order valence-electron chi connectivity index (χ2n) is 7.06. The molecule has 2 fully saturated rings. The maximum atomic E-state index is 13.0. The van der Waals surface area contributed by atoms with Gasteiger partial charge < -0.3 is 10.1 Å². The molecule has 0 spiro atoms. The first-order valence-corrected chi connectivity index (χ1v) is 7.87. The van der Waals surface area contributed by atoms with Crippen LogP contribution in [-0.2, 0) is 16.1 Å². The van der Waals surface area contributed by atoms with Crippen LogP contribution in [0.3, 0.4) is 0 Å². The first-order chi connectivity index (χ1) is 10.0. The number of ether oxygens (including phenoxy) is 1. The van der Waals surface area contributed by atoms with E-state index in [1.165, 1.54) is 0 Å². The number of fused-ring (bicyclic) bond motifs is 2. The maximum Gasteiger partial charge on any atom is 0.229 e. The standard InChI is InChI=1S/C18H25NO2/c1-17(2)14-9-10-18(17,15(11-14)21-3)16(20)19-12-13-7-5-4-6-8-13/h4-8,14-15H,9-12H2,1-3H3,(H,19,20)/t14?,15-,18?/m1/s1. The normalized spacial score (nSPS) is 33.1. The topological polar surface area (TPSA) is 38.3 Å². The Kier molecular flexibility index (Phi) is 3.56. The lowest BCUT2D eigenvalue weighted by molar-refractivity contribution is -0.145. The van der Waals surface area contributed by atoms with Gasteiger partial charge >= 0.3 is 0 Å². The van der Waals surface area contributed by atoms with Gasteiger partial charge in [-0.1, -0.05) is 44.2 Å². The second kappa shape index (κ2) is 5.13. The Hall–Kier alpha value is -1.35. The van der Waals surface area contributed by atoms with Gasteiger partial charge in [0.25, 0.3) is 0 Å². The Morgan fingerprint density at radius 1 is 1.33 bits per heavy atom. The Labute approximate surface area is 127 Å². The monoisotopic (exact) mass is 287 g/mol. The van der Waals surface area contributed by atoms with Crippen LogP contribution in [0.15, 0.2) is 30.3 Å². The third kappa shape index (κ3) is 2.02.